The third-order valence-electron chi connectivity index (χ3n) is 3.68. The largest absolute Gasteiger partial charge is 0.423 e. The summed E-state index contributed by atoms with van der Waals surface area (Å²) in [6.45, 7) is 4.69. The predicted molar refractivity (Wildman–Crippen MR) is 81.1 cm³/mol. The molecule has 0 aliphatic carbocycles. The lowest BCUT2D eigenvalue weighted by Gasteiger charge is -2.34. The molecule has 1 aliphatic heterocycles. The monoisotopic (exact) mass is 288 g/mol. The van der Waals surface area contributed by atoms with E-state index in [9.17, 15) is 4.79 Å². The van der Waals surface area contributed by atoms with E-state index in [1.807, 2.05) is 36.1 Å². The van der Waals surface area contributed by atoms with E-state index in [-0.39, 0.29) is 11.9 Å². The molecule has 0 bridgehead atoms. The fraction of sp³-hybridized carbons (Fsp3) is 0.467. The number of carbonyl (C=O) groups excluding carboxylic acids is 1. The van der Waals surface area contributed by atoms with Crippen LogP contribution >= 0.6 is 0 Å². The number of hydrogen-bond acceptors (Lipinski definition) is 5. The Morgan fingerprint density at radius 3 is 2.71 bits per heavy atom. The molecule has 2 aromatic rings. The number of nitrogens with two attached hydrogens (primary N) is 1. The lowest BCUT2D eigenvalue weighted by molar-refractivity contribution is -0.131. The Morgan fingerprint density at radius 1 is 1.33 bits per heavy atom. The molecule has 6 nitrogen and oxygen atoms in total. The number of oxazole rings is 1. The van der Waals surface area contributed by atoms with Gasteiger partial charge in [0.1, 0.15) is 5.52 Å². The summed E-state index contributed by atoms with van der Waals surface area (Å²) in [5.41, 5.74) is 7.34. The molecule has 6 heteroatoms. The first-order valence-corrected chi connectivity index (χ1v) is 7.27. The number of hydrogen-bond donors (Lipinski definition) is 1. The van der Waals surface area contributed by atoms with Gasteiger partial charge in [-0.25, -0.2) is 0 Å². The molecule has 0 radical (unpaired) electrons. The van der Waals surface area contributed by atoms with Crippen LogP contribution in [0.5, 0.6) is 0 Å². The lowest BCUT2D eigenvalue weighted by Crippen LogP contribution is -2.49. The Kier molecular flexibility index (Phi) is 3.79. The van der Waals surface area contributed by atoms with Gasteiger partial charge in [-0.15, -0.1) is 0 Å². The first-order chi connectivity index (χ1) is 10.1. The second-order valence-electron chi connectivity index (χ2n) is 5.51. The Hall–Kier alpha value is -2.08. The molecule has 3 rings (SSSR count). The molecular formula is C15H20N4O2. The summed E-state index contributed by atoms with van der Waals surface area (Å²) in [5, 5.41) is 0. The zero-order valence-electron chi connectivity index (χ0n) is 12.2. The van der Waals surface area contributed by atoms with E-state index < -0.39 is 0 Å². The molecule has 0 saturated carbocycles. The van der Waals surface area contributed by atoms with E-state index in [4.69, 9.17) is 10.2 Å². The highest BCUT2D eigenvalue weighted by Crippen LogP contribution is 2.22. The van der Waals surface area contributed by atoms with Gasteiger partial charge in [0.05, 0.1) is 0 Å². The van der Waals surface area contributed by atoms with Gasteiger partial charge in [-0.2, -0.15) is 4.98 Å². The molecule has 0 spiro atoms. The molecule has 1 saturated heterocycles. The molecule has 1 atom stereocenters. The van der Waals surface area contributed by atoms with Crippen molar-refractivity contribution in [2.75, 3.05) is 31.1 Å². The van der Waals surface area contributed by atoms with E-state index >= 15 is 0 Å². The number of amides is 1. The summed E-state index contributed by atoms with van der Waals surface area (Å²) in [6, 6.07) is 8.27. The SMILES string of the molecule is CC(N)CC(=O)N1CCN(c2nc3ccccc3o2)CC1. The van der Waals surface area contributed by atoms with Crippen molar-refractivity contribution in [2.24, 2.45) is 5.73 Å². The molecule has 1 aliphatic rings. The van der Waals surface area contributed by atoms with Gasteiger partial charge in [0.25, 0.3) is 6.01 Å². The van der Waals surface area contributed by atoms with Gasteiger partial charge in [0.15, 0.2) is 5.58 Å². The standard InChI is InChI=1S/C15H20N4O2/c1-11(16)10-14(20)18-6-8-19(9-7-18)15-17-12-4-2-3-5-13(12)21-15/h2-5,11H,6-10,16H2,1H3. The van der Waals surface area contributed by atoms with Crippen LogP contribution in [-0.4, -0.2) is 48.0 Å². The normalized spacial score (nSPS) is 17.2. The van der Waals surface area contributed by atoms with Gasteiger partial charge >= 0.3 is 0 Å². The number of rotatable bonds is 3. The third-order valence-corrected chi connectivity index (χ3v) is 3.68. The Bertz CT molecular complexity index is 596. The average Bonchev–Trinajstić information content (AvgIpc) is 2.90. The summed E-state index contributed by atoms with van der Waals surface area (Å²) < 4.78 is 5.76. The van der Waals surface area contributed by atoms with Crippen LogP contribution < -0.4 is 10.6 Å². The fourth-order valence-electron chi connectivity index (χ4n) is 2.55. The van der Waals surface area contributed by atoms with Gasteiger partial charge < -0.3 is 20.0 Å². The van der Waals surface area contributed by atoms with Crippen LogP contribution in [-0.2, 0) is 4.79 Å². The van der Waals surface area contributed by atoms with E-state index in [0.29, 0.717) is 25.5 Å². The van der Waals surface area contributed by atoms with E-state index in [1.54, 1.807) is 0 Å². The topological polar surface area (TPSA) is 75.6 Å². The van der Waals surface area contributed by atoms with Crippen molar-refractivity contribution in [3.63, 3.8) is 0 Å². The molecule has 1 unspecified atom stereocenters. The van der Waals surface area contributed by atoms with Crippen LogP contribution in [0.2, 0.25) is 0 Å². The molecule has 1 aromatic carbocycles. The van der Waals surface area contributed by atoms with Crippen LogP contribution in [0.25, 0.3) is 11.1 Å². The van der Waals surface area contributed by atoms with Crippen molar-refractivity contribution in [3.8, 4) is 0 Å². The Morgan fingerprint density at radius 2 is 2.05 bits per heavy atom. The van der Waals surface area contributed by atoms with Crippen LogP contribution in [0.3, 0.4) is 0 Å². The van der Waals surface area contributed by atoms with Crippen LogP contribution in [0.4, 0.5) is 6.01 Å². The van der Waals surface area contributed by atoms with Crippen LogP contribution in [0, 0.1) is 0 Å². The van der Waals surface area contributed by atoms with Crippen molar-refractivity contribution < 1.29 is 9.21 Å². The van der Waals surface area contributed by atoms with Gasteiger partial charge in [-0.3, -0.25) is 4.79 Å². The maximum Gasteiger partial charge on any atom is 0.298 e. The number of para-hydroxylation sites is 2. The van der Waals surface area contributed by atoms with E-state index in [2.05, 4.69) is 9.88 Å². The predicted octanol–water partition coefficient (Wildman–Crippen LogP) is 1.21. The molecule has 1 aromatic heterocycles. The number of anilines is 1. The number of carbonyl (C=O) groups is 1. The highest BCUT2D eigenvalue weighted by Gasteiger charge is 2.24. The second-order valence-corrected chi connectivity index (χ2v) is 5.51. The quantitative estimate of drug-likeness (QED) is 0.919. The molecule has 21 heavy (non-hydrogen) atoms. The zero-order valence-corrected chi connectivity index (χ0v) is 12.2. The number of fused-ring (bicyclic) bond motifs is 1. The van der Waals surface area contributed by atoms with Crippen molar-refractivity contribution in [2.45, 2.75) is 19.4 Å². The number of piperazine rings is 1. The number of nitrogens with zero attached hydrogens (tertiary/aromatic N) is 3. The van der Waals surface area contributed by atoms with Crippen molar-refractivity contribution in [1.82, 2.24) is 9.88 Å². The summed E-state index contributed by atoms with van der Waals surface area (Å²) in [7, 11) is 0. The highest BCUT2D eigenvalue weighted by atomic mass is 16.4. The highest BCUT2D eigenvalue weighted by molar-refractivity contribution is 5.77. The van der Waals surface area contributed by atoms with E-state index in [0.717, 1.165) is 24.2 Å². The fourth-order valence-corrected chi connectivity index (χ4v) is 2.55. The summed E-state index contributed by atoms with van der Waals surface area (Å²) in [6.07, 6.45) is 0.406. The first kappa shape index (κ1) is 13.9. The second kappa shape index (κ2) is 5.73. The minimum absolute atomic E-state index is 0.0902. The van der Waals surface area contributed by atoms with Crippen LogP contribution in [0.15, 0.2) is 28.7 Å². The zero-order chi connectivity index (χ0) is 14.8. The average molecular weight is 288 g/mol. The molecule has 2 N–H and O–H groups in total. The molecule has 1 amide bonds. The molecule has 112 valence electrons. The summed E-state index contributed by atoms with van der Waals surface area (Å²) in [4.78, 5) is 20.4. The summed E-state index contributed by atoms with van der Waals surface area (Å²) >= 11 is 0. The van der Waals surface area contributed by atoms with Crippen LogP contribution in [0.1, 0.15) is 13.3 Å². The van der Waals surface area contributed by atoms with Crippen molar-refractivity contribution >= 4 is 23.0 Å². The van der Waals surface area contributed by atoms with Gasteiger partial charge in [-0.1, -0.05) is 12.1 Å². The smallest absolute Gasteiger partial charge is 0.298 e. The first-order valence-electron chi connectivity index (χ1n) is 7.27. The summed E-state index contributed by atoms with van der Waals surface area (Å²) in [5.74, 6) is 0.127. The maximum atomic E-state index is 12.0. The molecular weight excluding hydrogens is 268 g/mol. The van der Waals surface area contributed by atoms with Crippen molar-refractivity contribution in [3.05, 3.63) is 24.3 Å². The van der Waals surface area contributed by atoms with Crippen molar-refractivity contribution in [1.29, 1.82) is 0 Å². The van der Waals surface area contributed by atoms with Gasteiger partial charge in [0, 0.05) is 38.6 Å². The van der Waals surface area contributed by atoms with Gasteiger partial charge in [-0.05, 0) is 19.1 Å². The Balaban J connectivity index is 1.64. The molecule has 1 fully saturated rings. The maximum absolute atomic E-state index is 12.0. The van der Waals surface area contributed by atoms with Gasteiger partial charge in [0.2, 0.25) is 5.91 Å². The third kappa shape index (κ3) is 3.00. The minimum atomic E-state index is -0.0902. The molecule has 2 heterocycles. The lowest BCUT2D eigenvalue weighted by atomic mass is 10.2. The van der Waals surface area contributed by atoms with E-state index in [1.165, 1.54) is 0 Å². The number of aromatic nitrogens is 1. The Labute approximate surface area is 123 Å². The minimum Gasteiger partial charge on any atom is -0.423 e. The number of benzene rings is 1.